The molecule has 3 saturated heterocycles. The number of nitrogens with one attached hydrogen (secondary N) is 3. The van der Waals surface area contributed by atoms with Gasteiger partial charge in [0.2, 0.25) is 33.7 Å². The van der Waals surface area contributed by atoms with E-state index in [0.29, 0.717) is 60.5 Å². The molecule has 4 aromatic rings. The fraction of sp³-hybridized carbons (Fsp3) is 0.444. The normalized spacial score (nSPS) is 17.5. The van der Waals surface area contributed by atoms with E-state index < -0.39 is 10.0 Å². The molecule has 3 fully saturated rings. The van der Waals surface area contributed by atoms with Crippen molar-refractivity contribution in [2.75, 3.05) is 105 Å². The maximum absolute atomic E-state index is 13.5. The summed E-state index contributed by atoms with van der Waals surface area (Å²) in [6.07, 6.45) is 6.17. The van der Waals surface area contributed by atoms with Gasteiger partial charge in [-0.3, -0.25) is 28.9 Å². The first-order chi connectivity index (χ1) is 30.6. The number of anilines is 7. The lowest BCUT2D eigenvalue weighted by Crippen LogP contribution is -2.55. The Morgan fingerprint density at radius 3 is 2.36 bits per heavy atom. The molecule has 4 heterocycles. The maximum Gasteiger partial charge on any atom is 0.242 e. The highest BCUT2D eigenvalue weighted by molar-refractivity contribution is 7.92. The van der Waals surface area contributed by atoms with Gasteiger partial charge in [0.15, 0.2) is 5.82 Å². The maximum atomic E-state index is 13.5. The van der Waals surface area contributed by atoms with E-state index >= 15 is 0 Å². The Labute approximate surface area is 380 Å². The molecule has 3 aliphatic rings. The zero-order valence-corrected chi connectivity index (χ0v) is 38.8. The van der Waals surface area contributed by atoms with E-state index in [1.165, 1.54) is 20.4 Å². The molecule has 64 heavy (non-hydrogen) atoms. The minimum absolute atomic E-state index is 0.0733. The largest absolute Gasteiger partial charge is 0.497 e. The van der Waals surface area contributed by atoms with Gasteiger partial charge in [0.25, 0.3) is 0 Å². The number of amides is 3. The highest BCUT2D eigenvalue weighted by Gasteiger charge is 2.31. The second-order valence-corrected chi connectivity index (χ2v) is 18.8. The molecule has 3 amide bonds. The van der Waals surface area contributed by atoms with Crippen LogP contribution < -0.4 is 39.5 Å². The van der Waals surface area contributed by atoms with Crippen LogP contribution in [0.3, 0.4) is 0 Å². The predicted octanol–water partition coefficient (Wildman–Crippen LogP) is 5.36. The number of piperazine rings is 1. The van der Waals surface area contributed by atoms with Crippen LogP contribution in [0.15, 0.2) is 60.8 Å². The molecule has 342 valence electrons. The van der Waals surface area contributed by atoms with Crippen LogP contribution in [-0.4, -0.2) is 132 Å². The highest BCUT2D eigenvalue weighted by Crippen LogP contribution is 2.39. The molecule has 0 aliphatic carbocycles. The van der Waals surface area contributed by atoms with Gasteiger partial charge < -0.3 is 34.8 Å². The van der Waals surface area contributed by atoms with Crippen LogP contribution in [0.2, 0.25) is 5.02 Å². The third-order valence-corrected chi connectivity index (χ3v) is 13.8. The summed E-state index contributed by atoms with van der Waals surface area (Å²) in [4.78, 5) is 55.5. The van der Waals surface area contributed by atoms with E-state index in [-0.39, 0.29) is 47.0 Å². The van der Waals surface area contributed by atoms with Crippen molar-refractivity contribution in [1.82, 2.24) is 25.1 Å². The van der Waals surface area contributed by atoms with Crippen molar-refractivity contribution in [3.8, 4) is 11.5 Å². The number of piperidine rings is 2. The molecule has 1 unspecified atom stereocenters. The van der Waals surface area contributed by atoms with Gasteiger partial charge in [0.05, 0.1) is 56.2 Å². The minimum Gasteiger partial charge on any atom is -0.497 e. The molecule has 17 nitrogen and oxygen atoms in total. The zero-order valence-electron chi connectivity index (χ0n) is 37.2. The van der Waals surface area contributed by atoms with Gasteiger partial charge in [-0.1, -0.05) is 30.7 Å². The molecule has 3 N–H and O–H groups in total. The summed E-state index contributed by atoms with van der Waals surface area (Å²) in [5, 5.41) is 9.15. The van der Waals surface area contributed by atoms with Crippen LogP contribution in [0, 0.1) is 0 Å². The van der Waals surface area contributed by atoms with Crippen LogP contribution in [0.1, 0.15) is 49.7 Å². The second-order valence-electron chi connectivity index (χ2n) is 16.4. The Hall–Kier alpha value is -5.85. The Morgan fingerprint density at radius 2 is 1.69 bits per heavy atom. The average Bonchev–Trinajstić information content (AvgIpc) is 3.29. The van der Waals surface area contributed by atoms with Crippen molar-refractivity contribution in [2.24, 2.45) is 0 Å². The van der Waals surface area contributed by atoms with Crippen molar-refractivity contribution in [1.29, 1.82) is 0 Å². The first-order valence-corrected chi connectivity index (χ1v) is 23.7. The molecule has 3 aliphatic heterocycles. The van der Waals surface area contributed by atoms with E-state index in [0.717, 1.165) is 78.5 Å². The lowest BCUT2D eigenvalue weighted by Gasteiger charge is -2.43. The lowest BCUT2D eigenvalue weighted by molar-refractivity contribution is -0.134. The Balaban J connectivity index is 0.943. The van der Waals surface area contributed by atoms with E-state index in [1.54, 1.807) is 25.3 Å². The monoisotopic (exact) mass is 916 g/mol. The van der Waals surface area contributed by atoms with Crippen LogP contribution in [0.4, 0.5) is 40.2 Å². The number of rotatable bonds is 15. The van der Waals surface area contributed by atoms with Crippen molar-refractivity contribution in [3.63, 3.8) is 0 Å². The first-order valence-electron chi connectivity index (χ1n) is 21.5. The molecule has 7 rings (SSSR count). The smallest absolute Gasteiger partial charge is 0.242 e. The Bertz CT molecular complexity index is 2480. The number of carbonyl (C=O) groups excluding carboxylic acids is 3. The molecule has 0 bridgehead atoms. The van der Waals surface area contributed by atoms with E-state index in [2.05, 4.69) is 54.8 Å². The molecular weight excluding hydrogens is 860 g/mol. The van der Waals surface area contributed by atoms with E-state index in [9.17, 15) is 22.8 Å². The number of imide groups is 1. The number of hydrogen-bond donors (Lipinski definition) is 3. The lowest BCUT2D eigenvalue weighted by atomic mass is 9.90. The van der Waals surface area contributed by atoms with Crippen LogP contribution in [0.25, 0.3) is 0 Å². The van der Waals surface area contributed by atoms with Crippen molar-refractivity contribution in [3.05, 3.63) is 76.9 Å². The summed E-state index contributed by atoms with van der Waals surface area (Å²) in [5.74, 6) is 0.837. The fourth-order valence-electron chi connectivity index (χ4n) is 8.60. The third-order valence-electron chi connectivity index (χ3n) is 12.4. The minimum atomic E-state index is -3.59. The number of aryl methyl sites for hydroxylation is 1. The zero-order chi connectivity index (χ0) is 45.7. The van der Waals surface area contributed by atoms with Crippen LogP contribution >= 0.6 is 11.6 Å². The fourth-order valence-corrected chi connectivity index (χ4v) is 9.24. The van der Waals surface area contributed by atoms with Gasteiger partial charge in [-0.2, -0.15) is 4.98 Å². The number of benzene rings is 3. The Morgan fingerprint density at radius 1 is 0.938 bits per heavy atom. The van der Waals surface area contributed by atoms with Gasteiger partial charge >= 0.3 is 0 Å². The third kappa shape index (κ3) is 10.6. The van der Waals surface area contributed by atoms with Gasteiger partial charge in [-0.15, -0.1) is 0 Å². The second kappa shape index (κ2) is 19.9. The summed E-state index contributed by atoms with van der Waals surface area (Å²) >= 11 is 6.55. The number of halogens is 1. The van der Waals surface area contributed by atoms with Crippen molar-refractivity contribution >= 4 is 79.5 Å². The van der Waals surface area contributed by atoms with Gasteiger partial charge in [0.1, 0.15) is 16.5 Å². The van der Waals surface area contributed by atoms with Gasteiger partial charge in [0, 0.05) is 89.3 Å². The number of hydrogen-bond acceptors (Lipinski definition) is 14. The molecular formula is C45H57ClN10O7S. The first kappa shape index (κ1) is 46.2. The number of likely N-dealkylation sites (N-methyl/N-ethyl adjacent to an activating group) is 1. The average molecular weight is 918 g/mol. The SMILES string of the molecule is CCc1cc(Nc2ncc(Cl)c(Nc3ccc(OC)cc3N(C)S(C)(=O)=O)n2)c(OC)cc1N1CCC(N2CCN(C(=O)CN(C)c3cccc(C4CCC(=O)NC4=O)c3)CC2)CC1. The number of ether oxygens (including phenoxy) is 2. The predicted molar refractivity (Wildman–Crippen MR) is 250 cm³/mol. The number of sulfonamides is 1. The molecule has 0 spiro atoms. The quantitative estimate of drug-likeness (QED) is 0.130. The van der Waals surface area contributed by atoms with Crippen molar-refractivity contribution in [2.45, 2.75) is 51.0 Å². The summed E-state index contributed by atoms with van der Waals surface area (Å²) < 4.78 is 37.3. The number of nitrogens with zero attached hydrogens (tertiary/aromatic N) is 7. The van der Waals surface area contributed by atoms with Crippen molar-refractivity contribution < 1.29 is 32.3 Å². The highest BCUT2D eigenvalue weighted by atomic mass is 35.5. The molecule has 19 heteroatoms. The standard InChI is InChI=1S/C45H57ClN10O7S/c1-7-29-24-37(49-45-47-27-35(46)43(51-45)48-36-13-11-33(62-4)25-39(36)53(3)64(6,60)61)40(63-5)26-38(29)55-17-15-31(16-18-55)54-19-21-56(22-20-54)42(58)28-52(2)32-10-8-9-30(23-32)34-12-14-41(57)50-44(34)59/h8-11,13,23-27,31,34H,7,12,14-22,28H2,1-6H3,(H,50,57,59)(H2,47,48,49,51). The van der Waals surface area contributed by atoms with Crippen LogP contribution in [-0.2, 0) is 30.8 Å². The summed E-state index contributed by atoms with van der Waals surface area (Å²) in [5.41, 5.74) is 5.45. The molecule has 0 saturated carbocycles. The molecule has 3 aromatic carbocycles. The molecule has 1 atom stereocenters. The Kier molecular flexibility index (Phi) is 14.4. The van der Waals surface area contributed by atoms with E-state index in [4.69, 9.17) is 21.1 Å². The van der Waals surface area contributed by atoms with E-state index in [1.807, 2.05) is 41.1 Å². The number of aromatic nitrogens is 2. The van der Waals surface area contributed by atoms with Crippen LogP contribution in [0.5, 0.6) is 11.5 Å². The van der Waals surface area contributed by atoms with Gasteiger partial charge in [-0.05, 0) is 67.1 Å². The number of carbonyl (C=O) groups is 3. The topological polar surface area (TPSA) is 182 Å². The molecule has 1 aromatic heterocycles. The van der Waals surface area contributed by atoms with Gasteiger partial charge in [-0.25, -0.2) is 13.4 Å². The molecule has 0 radical (unpaired) electrons. The summed E-state index contributed by atoms with van der Waals surface area (Å²) in [6.45, 7) is 7.11. The summed E-state index contributed by atoms with van der Waals surface area (Å²) in [7, 11) is 2.90. The number of methoxy groups -OCH3 is 2. The summed E-state index contributed by atoms with van der Waals surface area (Å²) in [6, 6.07) is 17.2.